The number of nitrogens with one attached hydrogen (secondary N) is 2. The second-order valence-corrected chi connectivity index (χ2v) is 8.76. The lowest BCUT2D eigenvalue weighted by Crippen LogP contribution is -2.31. The standard InChI is InChI=1S/C18H22N4O4S/c1-2-5-13-6-3-4-7-15(13)20-17(23)18(24)21-16-8-10-19-22(16)14-9-11-27(25,26)12-14/h3-4,6-8,10,14H,2,5,9,11-12H2,1H3,(H,20,23)(H,21,24)/t14-/m0/s1. The van der Waals surface area contributed by atoms with Crippen molar-refractivity contribution >= 4 is 33.2 Å². The van der Waals surface area contributed by atoms with Gasteiger partial charge < -0.3 is 10.6 Å². The Bertz CT molecular complexity index is 952. The molecule has 1 saturated heterocycles. The van der Waals surface area contributed by atoms with E-state index >= 15 is 0 Å². The summed E-state index contributed by atoms with van der Waals surface area (Å²) in [4.78, 5) is 24.6. The maximum absolute atomic E-state index is 12.3. The van der Waals surface area contributed by atoms with Gasteiger partial charge >= 0.3 is 11.8 Å². The van der Waals surface area contributed by atoms with Crippen LogP contribution in [0.2, 0.25) is 0 Å². The van der Waals surface area contributed by atoms with E-state index in [1.807, 2.05) is 19.1 Å². The van der Waals surface area contributed by atoms with Crippen molar-refractivity contribution < 1.29 is 18.0 Å². The van der Waals surface area contributed by atoms with Gasteiger partial charge in [0.2, 0.25) is 0 Å². The number of para-hydroxylation sites is 1. The Morgan fingerprint density at radius 3 is 2.63 bits per heavy atom. The maximum atomic E-state index is 12.3. The summed E-state index contributed by atoms with van der Waals surface area (Å²) in [5.74, 6) is -1.23. The lowest BCUT2D eigenvalue weighted by molar-refractivity contribution is -0.133. The first-order chi connectivity index (χ1) is 12.9. The molecule has 1 aromatic heterocycles. The molecular weight excluding hydrogens is 368 g/mol. The van der Waals surface area contributed by atoms with Crippen molar-refractivity contribution in [2.24, 2.45) is 0 Å². The van der Waals surface area contributed by atoms with Gasteiger partial charge in [-0.2, -0.15) is 5.10 Å². The van der Waals surface area contributed by atoms with Crippen LogP contribution in [0.25, 0.3) is 0 Å². The molecular formula is C18H22N4O4S. The average Bonchev–Trinajstić information content (AvgIpc) is 3.22. The molecule has 8 nitrogen and oxygen atoms in total. The van der Waals surface area contributed by atoms with Crippen LogP contribution in [0.3, 0.4) is 0 Å². The quantitative estimate of drug-likeness (QED) is 0.756. The van der Waals surface area contributed by atoms with Crippen LogP contribution >= 0.6 is 0 Å². The van der Waals surface area contributed by atoms with Gasteiger partial charge in [0.25, 0.3) is 0 Å². The molecule has 0 saturated carbocycles. The van der Waals surface area contributed by atoms with Gasteiger partial charge in [-0.15, -0.1) is 0 Å². The highest BCUT2D eigenvalue weighted by Crippen LogP contribution is 2.26. The lowest BCUT2D eigenvalue weighted by Gasteiger charge is -2.14. The third kappa shape index (κ3) is 4.54. The Labute approximate surface area is 157 Å². The molecule has 0 spiro atoms. The monoisotopic (exact) mass is 390 g/mol. The van der Waals surface area contributed by atoms with Crippen molar-refractivity contribution in [3.05, 3.63) is 42.1 Å². The SMILES string of the molecule is CCCc1ccccc1NC(=O)C(=O)Nc1ccnn1[C@H]1CCS(=O)(=O)C1. The number of carbonyl (C=O) groups excluding carboxylic acids is 2. The molecule has 2 N–H and O–H groups in total. The molecule has 0 bridgehead atoms. The van der Waals surface area contributed by atoms with Crippen molar-refractivity contribution in [3.8, 4) is 0 Å². The van der Waals surface area contributed by atoms with E-state index in [-0.39, 0.29) is 17.5 Å². The van der Waals surface area contributed by atoms with Gasteiger partial charge in [-0.3, -0.25) is 9.59 Å². The highest BCUT2D eigenvalue weighted by molar-refractivity contribution is 7.91. The van der Waals surface area contributed by atoms with Crippen LogP contribution in [0.15, 0.2) is 36.5 Å². The summed E-state index contributed by atoms with van der Waals surface area (Å²) in [6.45, 7) is 2.04. The maximum Gasteiger partial charge on any atom is 0.315 e. The number of hydrogen-bond donors (Lipinski definition) is 2. The molecule has 2 aromatic rings. The number of hydrogen-bond acceptors (Lipinski definition) is 5. The first kappa shape index (κ1) is 19.1. The van der Waals surface area contributed by atoms with Gasteiger partial charge in [0.05, 0.1) is 23.7 Å². The Morgan fingerprint density at radius 1 is 1.19 bits per heavy atom. The van der Waals surface area contributed by atoms with Gasteiger partial charge in [-0.1, -0.05) is 31.5 Å². The molecule has 1 aliphatic heterocycles. The third-order valence-electron chi connectivity index (χ3n) is 4.46. The molecule has 0 aliphatic carbocycles. The second-order valence-electron chi connectivity index (χ2n) is 6.53. The van der Waals surface area contributed by atoms with E-state index in [1.54, 1.807) is 18.2 Å². The molecule has 0 radical (unpaired) electrons. The van der Waals surface area contributed by atoms with Crippen LogP contribution in [0.5, 0.6) is 0 Å². The van der Waals surface area contributed by atoms with Gasteiger partial charge in [0.1, 0.15) is 5.82 Å². The molecule has 9 heteroatoms. The summed E-state index contributed by atoms with van der Waals surface area (Å²) in [6.07, 6.45) is 3.61. The zero-order valence-corrected chi connectivity index (χ0v) is 15.8. The molecule has 144 valence electrons. The van der Waals surface area contributed by atoms with Crippen molar-refractivity contribution in [1.29, 1.82) is 0 Å². The molecule has 1 atom stereocenters. The predicted octanol–water partition coefficient (Wildman–Crippen LogP) is 1.77. The number of carbonyl (C=O) groups is 2. The summed E-state index contributed by atoms with van der Waals surface area (Å²) in [5.41, 5.74) is 1.57. The van der Waals surface area contributed by atoms with Crippen molar-refractivity contribution in [3.63, 3.8) is 0 Å². The van der Waals surface area contributed by atoms with Gasteiger partial charge in [-0.25, -0.2) is 13.1 Å². The van der Waals surface area contributed by atoms with Crippen molar-refractivity contribution in [1.82, 2.24) is 9.78 Å². The molecule has 2 amide bonds. The molecule has 1 fully saturated rings. The number of sulfone groups is 1. The number of aromatic nitrogens is 2. The molecule has 3 rings (SSSR count). The van der Waals surface area contributed by atoms with Crippen LogP contribution in [0.1, 0.15) is 31.4 Å². The highest BCUT2D eigenvalue weighted by atomic mass is 32.2. The van der Waals surface area contributed by atoms with Crippen molar-refractivity contribution in [2.45, 2.75) is 32.2 Å². The average molecular weight is 390 g/mol. The summed E-state index contributed by atoms with van der Waals surface area (Å²) < 4.78 is 24.8. The summed E-state index contributed by atoms with van der Waals surface area (Å²) in [5, 5.41) is 9.26. The lowest BCUT2D eigenvalue weighted by atomic mass is 10.1. The third-order valence-corrected chi connectivity index (χ3v) is 6.21. The van der Waals surface area contributed by atoms with E-state index in [1.165, 1.54) is 10.9 Å². The first-order valence-electron chi connectivity index (χ1n) is 8.84. The van der Waals surface area contributed by atoms with E-state index in [0.29, 0.717) is 17.9 Å². The minimum absolute atomic E-state index is 0.0197. The topological polar surface area (TPSA) is 110 Å². The fourth-order valence-corrected chi connectivity index (χ4v) is 4.85. The Kier molecular flexibility index (Phi) is 5.59. The van der Waals surface area contributed by atoms with Crippen LogP contribution in [-0.4, -0.2) is 41.5 Å². The first-order valence-corrected chi connectivity index (χ1v) is 10.7. The number of amides is 2. The van der Waals surface area contributed by atoms with Gasteiger partial charge in [0, 0.05) is 11.8 Å². The summed E-state index contributed by atoms with van der Waals surface area (Å²) >= 11 is 0. The number of benzene rings is 1. The number of aryl methyl sites for hydroxylation is 1. The highest BCUT2D eigenvalue weighted by Gasteiger charge is 2.31. The minimum atomic E-state index is -3.09. The van der Waals surface area contributed by atoms with E-state index in [9.17, 15) is 18.0 Å². The van der Waals surface area contributed by atoms with E-state index in [4.69, 9.17) is 0 Å². The minimum Gasteiger partial charge on any atom is -0.318 e. The Balaban J connectivity index is 1.68. The Morgan fingerprint density at radius 2 is 1.93 bits per heavy atom. The molecule has 27 heavy (non-hydrogen) atoms. The normalized spacial score (nSPS) is 18.2. The van der Waals surface area contributed by atoms with E-state index in [0.717, 1.165) is 18.4 Å². The number of nitrogens with zero attached hydrogens (tertiary/aromatic N) is 2. The van der Waals surface area contributed by atoms with Crippen molar-refractivity contribution in [2.75, 3.05) is 22.1 Å². The molecule has 1 aliphatic rings. The van der Waals surface area contributed by atoms with Crippen LogP contribution in [0, 0.1) is 0 Å². The number of rotatable bonds is 5. The van der Waals surface area contributed by atoms with Crippen LogP contribution < -0.4 is 10.6 Å². The number of anilines is 2. The van der Waals surface area contributed by atoms with E-state index in [2.05, 4.69) is 15.7 Å². The zero-order chi connectivity index (χ0) is 19.4. The zero-order valence-electron chi connectivity index (χ0n) is 15.0. The summed E-state index contributed by atoms with van der Waals surface area (Å²) in [6, 6.07) is 8.54. The molecule has 1 aromatic carbocycles. The fourth-order valence-electron chi connectivity index (χ4n) is 3.15. The van der Waals surface area contributed by atoms with E-state index < -0.39 is 21.7 Å². The predicted molar refractivity (Wildman–Crippen MR) is 102 cm³/mol. The molecule has 2 heterocycles. The second kappa shape index (κ2) is 7.91. The van der Waals surface area contributed by atoms with Gasteiger partial charge in [0.15, 0.2) is 9.84 Å². The fraction of sp³-hybridized carbons (Fsp3) is 0.389. The largest absolute Gasteiger partial charge is 0.318 e. The van der Waals surface area contributed by atoms with Crippen LogP contribution in [0.4, 0.5) is 11.5 Å². The van der Waals surface area contributed by atoms with Gasteiger partial charge in [-0.05, 0) is 24.5 Å². The summed E-state index contributed by atoms with van der Waals surface area (Å²) in [7, 11) is -3.09. The Hall–Kier alpha value is -2.68. The van der Waals surface area contributed by atoms with Crippen LogP contribution in [-0.2, 0) is 25.8 Å². The molecule has 0 unspecified atom stereocenters. The smallest absolute Gasteiger partial charge is 0.315 e.